The van der Waals surface area contributed by atoms with E-state index in [4.69, 9.17) is 4.74 Å². The first-order valence-corrected chi connectivity index (χ1v) is 11.7. The van der Waals surface area contributed by atoms with Crippen LogP contribution in [0.1, 0.15) is 57.3 Å². The molecule has 1 aliphatic rings. The van der Waals surface area contributed by atoms with E-state index < -0.39 is 16.0 Å². The molecule has 0 heterocycles. The van der Waals surface area contributed by atoms with Crippen LogP contribution in [0.25, 0.3) is 0 Å². The number of hydrogen-bond acceptors (Lipinski definition) is 5. The lowest BCUT2D eigenvalue weighted by atomic mass is 9.78. The van der Waals surface area contributed by atoms with E-state index in [-0.39, 0.29) is 29.0 Å². The first kappa shape index (κ1) is 23.3. The minimum Gasteiger partial charge on any atom is -0.452 e. The summed E-state index contributed by atoms with van der Waals surface area (Å²) in [5.74, 6) is -0.0199. The summed E-state index contributed by atoms with van der Waals surface area (Å²) >= 11 is 0. The van der Waals surface area contributed by atoms with Gasteiger partial charge >= 0.3 is 5.97 Å². The number of carbonyl (C=O) groups is 2. The van der Waals surface area contributed by atoms with Crippen LogP contribution >= 0.6 is 0 Å². The molecule has 0 aromatic heterocycles. The summed E-state index contributed by atoms with van der Waals surface area (Å²) in [6.45, 7) is 8.25. The molecule has 7 nitrogen and oxygen atoms in total. The smallest absolute Gasteiger partial charge is 0.338 e. The number of nitrogens with one attached hydrogen (secondary N) is 1. The molecule has 29 heavy (non-hydrogen) atoms. The van der Waals surface area contributed by atoms with Gasteiger partial charge in [0.1, 0.15) is 0 Å². The molecule has 8 heteroatoms. The molecule has 2 rings (SSSR count). The van der Waals surface area contributed by atoms with Crippen LogP contribution in [0.4, 0.5) is 0 Å². The fraction of sp³-hybridized carbons (Fsp3) is 0.619. The number of ether oxygens (including phenoxy) is 1. The second-order valence-corrected chi connectivity index (χ2v) is 9.57. The minimum atomic E-state index is -3.58. The number of sulfonamides is 1. The minimum absolute atomic E-state index is 0.106. The van der Waals surface area contributed by atoms with Gasteiger partial charge in [0.25, 0.3) is 5.91 Å². The van der Waals surface area contributed by atoms with E-state index in [9.17, 15) is 18.0 Å². The van der Waals surface area contributed by atoms with Crippen LogP contribution < -0.4 is 5.32 Å². The van der Waals surface area contributed by atoms with Crippen molar-refractivity contribution in [3.05, 3.63) is 29.8 Å². The molecule has 0 bridgehead atoms. The highest BCUT2D eigenvalue weighted by Gasteiger charge is 2.28. The van der Waals surface area contributed by atoms with Crippen LogP contribution in [-0.2, 0) is 19.6 Å². The second-order valence-electron chi connectivity index (χ2n) is 7.63. The van der Waals surface area contributed by atoms with Crippen molar-refractivity contribution in [3.63, 3.8) is 0 Å². The van der Waals surface area contributed by atoms with Crippen molar-refractivity contribution in [2.45, 2.75) is 57.9 Å². The van der Waals surface area contributed by atoms with Crippen LogP contribution in [0.15, 0.2) is 29.2 Å². The normalized spacial score (nSPS) is 22.3. The molecular weight excluding hydrogens is 392 g/mol. The van der Waals surface area contributed by atoms with Crippen molar-refractivity contribution >= 4 is 21.9 Å². The van der Waals surface area contributed by atoms with Crippen molar-refractivity contribution in [1.82, 2.24) is 9.62 Å². The molecule has 0 saturated heterocycles. The summed E-state index contributed by atoms with van der Waals surface area (Å²) < 4.78 is 31.4. The van der Waals surface area contributed by atoms with Crippen LogP contribution in [0.3, 0.4) is 0 Å². The van der Waals surface area contributed by atoms with E-state index >= 15 is 0 Å². The van der Waals surface area contributed by atoms with Gasteiger partial charge in [0, 0.05) is 19.1 Å². The topological polar surface area (TPSA) is 92.8 Å². The lowest BCUT2D eigenvalue weighted by Crippen LogP contribution is -2.45. The Morgan fingerprint density at radius 1 is 1.10 bits per heavy atom. The zero-order chi connectivity index (χ0) is 21.6. The summed E-state index contributed by atoms with van der Waals surface area (Å²) in [5, 5.41) is 2.96. The fourth-order valence-electron chi connectivity index (χ4n) is 3.72. The van der Waals surface area contributed by atoms with E-state index in [1.165, 1.54) is 35.0 Å². The molecular formula is C21H32N2O5S. The van der Waals surface area contributed by atoms with Gasteiger partial charge in [-0.3, -0.25) is 4.79 Å². The molecule has 1 N–H and O–H groups in total. The Morgan fingerprint density at radius 2 is 1.72 bits per heavy atom. The standard InChI is InChI=1S/C21H32N2O5S/c1-5-23(6-2)29(26,27)18-12-10-17(11-13-18)21(25)28-14-20(24)22-19-9-7-8-15(3)16(19)4/h10-13,15-16,19H,5-9,14H2,1-4H3,(H,22,24). The quantitative estimate of drug-likeness (QED) is 0.648. The van der Waals surface area contributed by atoms with Gasteiger partial charge in [0.15, 0.2) is 6.61 Å². The SMILES string of the molecule is CCN(CC)S(=O)(=O)c1ccc(C(=O)OCC(=O)NC2CCCC(C)C2C)cc1. The number of rotatable bonds is 8. The molecule has 1 fully saturated rings. The van der Waals surface area contributed by atoms with Gasteiger partial charge in [-0.1, -0.05) is 40.5 Å². The summed E-state index contributed by atoms with van der Waals surface area (Å²) in [5.41, 5.74) is 0.205. The number of nitrogens with zero attached hydrogens (tertiary/aromatic N) is 1. The Hall–Kier alpha value is -1.93. The van der Waals surface area contributed by atoms with Crippen LogP contribution in [-0.4, -0.2) is 50.3 Å². The molecule has 0 radical (unpaired) electrons. The highest BCUT2D eigenvalue weighted by atomic mass is 32.2. The van der Waals surface area contributed by atoms with E-state index in [0.29, 0.717) is 24.9 Å². The molecule has 0 spiro atoms. The predicted molar refractivity (Wildman–Crippen MR) is 111 cm³/mol. The van der Waals surface area contributed by atoms with Crippen molar-refractivity contribution in [2.24, 2.45) is 11.8 Å². The Bertz CT molecular complexity index is 803. The van der Waals surface area contributed by atoms with Gasteiger partial charge in [-0.2, -0.15) is 4.31 Å². The Kier molecular flexibility index (Phi) is 8.22. The lowest BCUT2D eigenvalue weighted by Gasteiger charge is -2.34. The third-order valence-electron chi connectivity index (χ3n) is 5.82. The number of hydrogen-bond donors (Lipinski definition) is 1. The average Bonchev–Trinajstić information content (AvgIpc) is 2.70. The van der Waals surface area contributed by atoms with Crippen LogP contribution in [0.5, 0.6) is 0 Å². The Balaban J connectivity index is 1.92. The Morgan fingerprint density at radius 3 is 2.31 bits per heavy atom. The third kappa shape index (κ3) is 5.79. The van der Waals surface area contributed by atoms with Gasteiger partial charge in [-0.05, 0) is 42.5 Å². The van der Waals surface area contributed by atoms with Gasteiger partial charge < -0.3 is 10.1 Å². The van der Waals surface area contributed by atoms with Crippen LogP contribution in [0, 0.1) is 11.8 Å². The van der Waals surface area contributed by atoms with Gasteiger partial charge in [-0.15, -0.1) is 0 Å². The molecule has 162 valence electrons. The summed E-state index contributed by atoms with van der Waals surface area (Å²) in [6, 6.07) is 5.68. The summed E-state index contributed by atoms with van der Waals surface area (Å²) in [6.07, 6.45) is 3.19. The van der Waals surface area contributed by atoms with Crippen molar-refractivity contribution in [1.29, 1.82) is 0 Å². The van der Waals surface area contributed by atoms with E-state index in [1.807, 2.05) is 0 Å². The maximum Gasteiger partial charge on any atom is 0.338 e. The fourth-order valence-corrected chi connectivity index (χ4v) is 5.18. The second kappa shape index (κ2) is 10.2. The summed E-state index contributed by atoms with van der Waals surface area (Å²) in [7, 11) is -3.58. The van der Waals surface area contributed by atoms with E-state index in [0.717, 1.165) is 12.8 Å². The van der Waals surface area contributed by atoms with E-state index in [1.54, 1.807) is 13.8 Å². The van der Waals surface area contributed by atoms with Crippen molar-refractivity contribution < 1.29 is 22.7 Å². The highest BCUT2D eigenvalue weighted by Crippen LogP contribution is 2.29. The first-order valence-electron chi connectivity index (χ1n) is 10.3. The number of carbonyl (C=O) groups excluding carboxylic acids is 2. The molecule has 3 unspecified atom stereocenters. The zero-order valence-corrected chi connectivity index (χ0v) is 18.5. The Labute approximate surface area is 173 Å². The molecule has 1 amide bonds. The van der Waals surface area contributed by atoms with Gasteiger partial charge in [0.05, 0.1) is 10.5 Å². The van der Waals surface area contributed by atoms with Crippen molar-refractivity contribution in [3.8, 4) is 0 Å². The maximum absolute atomic E-state index is 12.5. The first-order chi connectivity index (χ1) is 13.7. The largest absolute Gasteiger partial charge is 0.452 e. The number of benzene rings is 1. The average molecular weight is 425 g/mol. The number of amides is 1. The monoisotopic (exact) mass is 424 g/mol. The predicted octanol–water partition coefficient (Wildman–Crippen LogP) is 2.81. The molecule has 0 aliphatic heterocycles. The van der Waals surface area contributed by atoms with Crippen LogP contribution in [0.2, 0.25) is 0 Å². The van der Waals surface area contributed by atoms with Gasteiger partial charge in [-0.25, -0.2) is 13.2 Å². The molecule has 1 aromatic rings. The lowest BCUT2D eigenvalue weighted by molar-refractivity contribution is -0.125. The third-order valence-corrected chi connectivity index (χ3v) is 7.88. The molecule has 1 saturated carbocycles. The van der Waals surface area contributed by atoms with Crippen molar-refractivity contribution in [2.75, 3.05) is 19.7 Å². The molecule has 1 aromatic carbocycles. The highest BCUT2D eigenvalue weighted by molar-refractivity contribution is 7.89. The molecule has 1 aliphatic carbocycles. The number of esters is 1. The zero-order valence-electron chi connectivity index (χ0n) is 17.7. The van der Waals surface area contributed by atoms with E-state index in [2.05, 4.69) is 19.2 Å². The van der Waals surface area contributed by atoms with Gasteiger partial charge in [0.2, 0.25) is 10.0 Å². The summed E-state index contributed by atoms with van der Waals surface area (Å²) in [4.78, 5) is 24.5. The maximum atomic E-state index is 12.5. The molecule has 3 atom stereocenters.